The molecule has 1 unspecified atom stereocenters. The molecule has 140 valence electrons. The molecule has 1 atom stereocenters. The molecule has 0 bridgehead atoms. The van der Waals surface area contributed by atoms with Crippen LogP contribution in [0.5, 0.6) is 5.75 Å². The molecule has 0 fully saturated rings. The van der Waals surface area contributed by atoms with Gasteiger partial charge in [0.25, 0.3) is 0 Å². The number of allylic oxidation sites excluding steroid dienone is 1. The smallest absolute Gasteiger partial charge is 0.119 e. The van der Waals surface area contributed by atoms with Gasteiger partial charge in [-0.2, -0.15) is 5.26 Å². The first-order chi connectivity index (χ1) is 13.5. The average Bonchev–Trinajstić information content (AvgIpc) is 2.73. The highest BCUT2D eigenvalue weighted by Gasteiger charge is 2.24. The van der Waals surface area contributed by atoms with Gasteiger partial charge in [-0.25, -0.2) is 0 Å². The summed E-state index contributed by atoms with van der Waals surface area (Å²) >= 11 is 4.34. The van der Waals surface area contributed by atoms with Crippen LogP contribution in [-0.4, -0.2) is 0 Å². The number of thiol groups is 1. The van der Waals surface area contributed by atoms with Crippen molar-refractivity contribution in [3.8, 4) is 22.9 Å². The lowest BCUT2D eigenvalue weighted by Crippen LogP contribution is -2.18. The third kappa shape index (κ3) is 4.65. The third-order valence-corrected chi connectivity index (χ3v) is 5.12. The van der Waals surface area contributed by atoms with Gasteiger partial charge in [-0.3, -0.25) is 0 Å². The Hall–Kier alpha value is -2.96. The standard InChI is InChI=1S/C25H23NOS/c1-3-15-25(2,18-26)22-9-11-23(12-10-22)27-17-19-5-4-6-21(16-19)20-7-13-24(28)14-8-20/h3-14,16,28H,1,15,17H2,2H3. The first-order valence-electron chi connectivity index (χ1n) is 9.18. The number of rotatable bonds is 7. The largest absolute Gasteiger partial charge is 0.489 e. The van der Waals surface area contributed by atoms with E-state index in [1.807, 2.05) is 49.4 Å². The third-order valence-electron chi connectivity index (χ3n) is 4.82. The minimum atomic E-state index is -0.558. The van der Waals surface area contributed by atoms with Gasteiger partial charge in [-0.05, 0) is 65.9 Å². The molecular formula is C25H23NOS. The summed E-state index contributed by atoms with van der Waals surface area (Å²) in [5.74, 6) is 0.785. The Bertz CT molecular complexity index is 986. The summed E-state index contributed by atoms with van der Waals surface area (Å²) in [6.45, 7) is 6.17. The quantitative estimate of drug-likeness (QED) is 0.368. The van der Waals surface area contributed by atoms with E-state index in [1.54, 1.807) is 6.08 Å². The normalized spacial score (nSPS) is 12.6. The molecule has 0 amide bonds. The number of hydrogen-bond donors (Lipinski definition) is 1. The Morgan fingerprint density at radius 3 is 2.39 bits per heavy atom. The fourth-order valence-corrected chi connectivity index (χ4v) is 3.25. The number of nitriles is 1. The highest BCUT2D eigenvalue weighted by molar-refractivity contribution is 7.80. The lowest BCUT2D eigenvalue weighted by molar-refractivity contribution is 0.306. The van der Waals surface area contributed by atoms with E-state index in [2.05, 4.69) is 55.6 Å². The monoisotopic (exact) mass is 385 g/mol. The Morgan fingerprint density at radius 2 is 1.75 bits per heavy atom. The van der Waals surface area contributed by atoms with Crippen LogP contribution in [0.2, 0.25) is 0 Å². The minimum absolute atomic E-state index is 0.486. The maximum atomic E-state index is 9.49. The van der Waals surface area contributed by atoms with Gasteiger partial charge in [0.1, 0.15) is 12.4 Å². The van der Waals surface area contributed by atoms with E-state index in [0.29, 0.717) is 13.0 Å². The van der Waals surface area contributed by atoms with Crippen molar-refractivity contribution in [2.75, 3.05) is 0 Å². The Morgan fingerprint density at radius 1 is 1.04 bits per heavy atom. The molecule has 0 saturated carbocycles. The summed E-state index contributed by atoms with van der Waals surface area (Å²) in [6.07, 6.45) is 2.40. The summed E-state index contributed by atoms with van der Waals surface area (Å²) < 4.78 is 5.95. The highest BCUT2D eigenvalue weighted by Crippen LogP contribution is 2.29. The zero-order chi connectivity index (χ0) is 20.0. The zero-order valence-electron chi connectivity index (χ0n) is 15.9. The number of ether oxygens (including phenoxy) is 1. The molecule has 0 N–H and O–H groups in total. The predicted molar refractivity (Wildman–Crippen MR) is 118 cm³/mol. The van der Waals surface area contributed by atoms with Crippen molar-refractivity contribution in [1.82, 2.24) is 0 Å². The Labute approximate surface area is 172 Å². The first-order valence-corrected chi connectivity index (χ1v) is 9.62. The van der Waals surface area contributed by atoms with Crippen LogP contribution >= 0.6 is 12.6 Å². The number of nitrogens with zero attached hydrogens (tertiary/aromatic N) is 1. The van der Waals surface area contributed by atoms with Crippen LogP contribution in [-0.2, 0) is 12.0 Å². The lowest BCUT2D eigenvalue weighted by Gasteiger charge is -2.20. The van der Waals surface area contributed by atoms with Crippen LogP contribution in [0.15, 0.2) is 90.3 Å². The van der Waals surface area contributed by atoms with Crippen LogP contribution in [0.3, 0.4) is 0 Å². The molecule has 0 spiro atoms. The second-order valence-electron chi connectivity index (χ2n) is 7.00. The molecule has 28 heavy (non-hydrogen) atoms. The van der Waals surface area contributed by atoms with Gasteiger partial charge in [0.15, 0.2) is 0 Å². The molecule has 3 aromatic rings. The second kappa shape index (κ2) is 8.82. The predicted octanol–water partition coefficient (Wildman–Crippen LogP) is 6.58. The summed E-state index contributed by atoms with van der Waals surface area (Å²) in [4.78, 5) is 0.951. The SMILES string of the molecule is C=CCC(C)(C#N)c1ccc(OCc2cccc(-c3ccc(S)cc3)c2)cc1. The molecule has 3 rings (SSSR count). The van der Waals surface area contributed by atoms with Crippen molar-refractivity contribution in [2.24, 2.45) is 0 Å². The molecule has 2 nitrogen and oxygen atoms in total. The van der Waals surface area contributed by atoms with Crippen molar-refractivity contribution in [3.63, 3.8) is 0 Å². The van der Waals surface area contributed by atoms with Gasteiger partial charge in [0, 0.05) is 4.90 Å². The van der Waals surface area contributed by atoms with Crippen molar-refractivity contribution < 1.29 is 4.74 Å². The molecule has 0 heterocycles. The van der Waals surface area contributed by atoms with Crippen molar-refractivity contribution in [1.29, 1.82) is 5.26 Å². The fourth-order valence-electron chi connectivity index (χ4n) is 3.10. The van der Waals surface area contributed by atoms with E-state index >= 15 is 0 Å². The van der Waals surface area contributed by atoms with Crippen LogP contribution in [0.4, 0.5) is 0 Å². The van der Waals surface area contributed by atoms with E-state index in [4.69, 9.17) is 4.74 Å². The second-order valence-corrected chi connectivity index (χ2v) is 7.51. The zero-order valence-corrected chi connectivity index (χ0v) is 16.8. The van der Waals surface area contributed by atoms with Crippen LogP contribution in [0.1, 0.15) is 24.5 Å². The average molecular weight is 386 g/mol. The first kappa shape index (κ1) is 19.8. The molecular weight excluding hydrogens is 362 g/mol. The molecule has 0 aliphatic heterocycles. The van der Waals surface area contributed by atoms with Gasteiger partial charge in [0.05, 0.1) is 11.5 Å². The molecule has 0 radical (unpaired) electrons. The van der Waals surface area contributed by atoms with Crippen molar-refractivity contribution in [3.05, 3.63) is 96.6 Å². The molecule has 0 aromatic heterocycles. The highest BCUT2D eigenvalue weighted by atomic mass is 32.1. The van der Waals surface area contributed by atoms with E-state index in [0.717, 1.165) is 32.9 Å². The number of hydrogen-bond acceptors (Lipinski definition) is 3. The number of benzene rings is 3. The maximum Gasteiger partial charge on any atom is 0.119 e. The van der Waals surface area contributed by atoms with Gasteiger partial charge >= 0.3 is 0 Å². The van der Waals surface area contributed by atoms with E-state index in [-0.39, 0.29) is 0 Å². The van der Waals surface area contributed by atoms with Gasteiger partial charge in [-0.15, -0.1) is 19.2 Å². The molecule has 0 saturated heterocycles. The summed E-state index contributed by atoms with van der Waals surface area (Å²) in [6, 6.07) is 26.6. The fraction of sp³-hybridized carbons (Fsp3) is 0.160. The molecule has 3 heteroatoms. The molecule has 3 aromatic carbocycles. The van der Waals surface area contributed by atoms with Crippen LogP contribution in [0, 0.1) is 11.3 Å². The van der Waals surface area contributed by atoms with Gasteiger partial charge < -0.3 is 4.74 Å². The minimum Gasteiger partial charge on any atom is -0.489 e. The van der Waals surface area contributed by atoms with Gasteiger partial charge in [0.2, 0.25) is 0 Å². The van der Waals surface area contributed by atoms with Crippen LogP contribution in [0.25, 0.3) is 11.1 Å². The topological polar surface area (TPSA) is 33.0 Å². The maximum absolute atomic E-state index is 9.49. The molecule has 0 aliphatic rings. The van der Waals surface area contributed by atoms with Crippen molar-refractivity contribution in [2.45, 2.75) is 30.3 Å². The molecule has 0 aliphatic carbocycles. The summed E-state index contributed by atoms with van der Waals surface area (Å²) in [5, 5.41) is 9.49. The van der Waals surface area contributed by atoms with Crippen molar-refractivity contribution >= 4 is 12.6 Å². The van der Waals surface area contributed by atoms with E-state index in [9.17, 15) is 5.26 Å². The van der Waals surface area contributed by atoms with E-state index in [1.165, 1.54) is 0 Å². The summed E-state index contributed by atoms with van der Waals surface area (Å²) in [5.41, 5.74) is 3.82. The Balaban J connectivity index is 1.69. The lowest BCUT2D eigenvalue weighted by atomic mass is 9.81. The summed E-state index contributed by atoms with van der Waals surface area (Å²) in [7, 11) is 0. The van der Waals surface area contributed by atoms with E-state index < -0.39 is 5.41 Å². The van der Waals surface area contributed by atoms with Crippen LogP contribution < -0.4 is 4.74 Å². The Kier molecular flexibility index (Phi) is 6.23. The van der Waals surface area contributed by atoms with Gasteiger partial charge in [-0.1, -0.05) is 48.5 Å².